The Morgan fingerprint density at radius 2 is 1.90 bits per heavy atom. The van der Waals surface area contributed by atoms with Crippen LogP contribution in [0.3, 0.4) is 0 Å². The maximum atomic E-state index is 11.7. The number of benzene rings is 1. The second kappa shape index (κ2) is 10.4. The van der Waals surface area contributed by atoms with Crippen LogP contribution in [0, 0.1) is 0 Å². The van der Waals surface area contributed by atoms with E-state index in [0.29, 0.717) is 12.3 Å². The van der Waals surface area contributed by atoms with E-state index in [9.17, 15) is 4.79 Å². The number of ether oxygens (including phenoxy) is 1. The van der Waals surface area contributed by atoms with Crippen molar-refractivity contribution in [3.8, 4) is 5.75 Å². The van der Waals surface area contributed by atoms with E-state index in [4.69, 9.17) is 4.74 Å². The average molecular weight is 412 g/mol. The molecule has 9 nitrogen and oxygen atoms in total. The van der Waals surface area contributed by atoms with Crippen LogP contribution < -0.4 is 15.0 Å². The van der Waals surface area contributed by atoms with Gasteiger partial charge in [0.15, 0.2) is 12.6 Å². The molecule has 30 heavy (non-hydrogen) atoms. The van der Waals surface area contributed by atoms with Gasteiger partial charge in [-0.15, -0.1) is 0 Å². The number of amides is 1. The van der Waals surface area contributed by atoms with E-state index in [1.807, 2.05) is 30.3 Å². The Morgan fingerprint density at radius 3 is 2.57 bits per heavy atom. The quantitative estimate of drug-likeness (QED) is 0.557. The summed E-state index contributed by atoms with van der Waals surface area (Å²) < 4.78 is 5.60. The number of piperazine rings is 1. The summed E-state index contributed by atoms with van der Waals surface area (Å²) >= 11 is 0. The van der Waals surface area contributed by atoms with Gasteiger partial charge >= 0.3 is 0 Å². The highest BCUT2D eigenvalue weighted by Crippen LogP contribution is 2.14. The van der Waals surface area contributed by atoms with Crippen LogP contribution in [0.15, 0.2) is 47.7 Å². The molecule has 1 saturated heterocycles. The van der Waals surface area contributed by atoms with Gasteiger partial charge in [-0.05, 0) is 23.8 Å². The summed E-state index contributed by atoms with van der Waals surface area (Å²) in [5.41, 5.74) is 1.06. The van der Waals surface area contributed by atoms with Crippen molar-refractivity contribution in [3.05, 3.63) is 48.3 Å². The summed E-state index contributed by atoms with van der Waals surface area (Å²) in [4.78, 5) is 30.7. The predicted octanol–water partition coefficient (Wildman–Crippen LogP) is 0.841. The molecule has 0 unspecified atom stereocenters. The molecule has 0 spiro atoms. The standard InChI is InChI=1S/C21H29N7O2/c1-22-20(27-10-12-28(13-11-27)21-23-8-5-9-24-21)25-15-17-6-4-7-18(14-17)30-16-19(29)26(2)3/h4-9,14H,10-13,15-16H2,1-3H3,(H,22,25). The van der Waals surface area contributed by atoms with Crippen LogP contribution >= 0.6 is 0 Å². The minimum atomic E-state index is -0.0704. The molecule has 160 valence electrons. The number of guanidine groups is 1. The van der Waals surface area contributed by atoms with Crippen molar-refractivity contribution in [2.45, 2.75) is 6.54 Å². The first-order valence-corrected chi connectivity index (χ1v) is 9.96. The van der Waals surface area contributed by atoms with Gasteiger partial charge in [0.25, 0.3) is 5.91 Å². The van der Waals surface area contributed by atoms with Gasteiger partial charge in [0, 0.05) is 66.3 Å². The van der Waals surface area contributed by atoms with E-state index in [1.165, 1.54) is 4.90 Å². The fourth-order valence-electron chi connectivity index (χ4n) is 3.11. The summed E-state index contributed by atoms with van der Waals surface area (Å²) in [6.07, 6.45) is 3.53. The monoisotopic (exact) mass is 411 g/mol. The molecule has 1 aromatic heterocycles. The van der Waals surface area contributed by atoms with Gasteiger partial charge in [-0.25, -0.2) is 9.97 Å². The molecule has 1 amide bonds. The number of nitrogens with one attached hydrogen (secondary N) is 1. The van der Waals surface area contributed by atoms with Gasteiger partial charge < -0.3 is 24.8 Å². The normalized spacial score (nSPS) is 14.4. The Morgan fingerprint density at radius 1 is 1.17 bits per heavy atom. The number of likely N-dealkylation sites (N-methyl/N-ethyl adjacent to an activating group) is 1. The van der Waals surface area contributed by atoms with Crippen molar-refractivity contribution in [1.29, 1.82) is 0 Å². The number of aromatic nitrogens is 2. The number of rotatable bonds is 6. The molecule has 1 aromatic carbocycles. The molecule has 1 N–H and O–H groups in total. The highest BCUT2D eigenvalue weighted by atomic mass is 16.5. The SMILES string of the molecule is CN=C(NCc1cccc(OCC(=O)N(C)C)c1)N1CCN(c2ncccn2)CC1. The number of hydrogen-bond donors (Lipinski definition) is 1. The van der Waals surface area contributed by atoms with E-state index in [-0.39, 0.29) is 12.5 Å². The third-order valence-corrected chi connectivity index (χ3v) is 4.84. The fourth-order valence-corrected chi connectivity index (χ4v) is 3.11. The number of nitrogens with zero attached hydrogens (tertiary/aromatic N) is 6. The van der Waals surface area contributed by atoms with E-state index in [0.717, 1.165) is 43.7 Å². The molecule has 0 bridgehead atoms. The number of aliphatic imine (C=N–C) groups is 1. The van der Waals surface area contributed by atoms with Gasteiger partial charge in [0.1, 0.15) is 5.75 Å². The average Bonchev–Trinajstić information content (AvgIpc) is 2.79. The zero-order valence-corrected chi connectivity index (χ0v) is 17.8. The number of anilines is 1. The zero-order valence-electron chi connectivity index (χ0n) is 17.8. The molecule has 0 saturated carbocycles. The van der Waals surface area contributed by atoms with E-state index in [2.05, 4.69) is 30.1 Å². The van der Waals surface area contributed by atoms with Gasteiger partial charge in [-0.1, -0.05) is 12.1 Å². The highest BCUT2D eigenvalue weighted by Gasteiger charge is 2.21. The molecule has 0 radical (unpaired) electrons. The molecule has 1 fully saturated rings. The lowest BCUT2D eigenvalue weighted by Crippen LogP contribution is -2.52. The van der Waals surface area contributed by atoms with Crippen LogP contribution in [0.4, 0.5) is 5.95 Å². The zero-order chi connectivity index (χ0) is 21.3. The summed E-state index contributed by atoms with van der Waals surface area (Å²) in [6.45, 7) is 4.01. The van der Waals surface area contributed by atoms with Gasteiger partial charge in [-0.2, -0.15) is 0 Å². The first-order valence-electron chi connectivity index (χ1n) is 9.96. The summed E-state index contributed by atoms with van der Waals surface area (Å²) in [5, 5.41) is 3.42. The minimum Gasteiger partial charge on any atom is -0.484 e. The van der Waals surface area contributed by atoms with E-state index in [1.54, 1.807) is 33.5 Å². The van der Waals surface area contributed by atoms with Crippen molar-refractivity contribution in [1.82, 2.24) is 25.1 Å². The minimum absolute atomic E-state index is 0.0287. The van der Waals surface area contributed by atoms with Gasteiger partial charge in [-0.3, -0.25) is 9.79 Å². The van der Waals surface area contributed by atoms with Crippen molar-refractivity contribution in [2.24, 2.45) is 4.99 Å². The lowest BCUT2D eigenvalue weighted by atomic mass is 10.2. The van der Waals surface area contributed by atoms with Gasteiger partial charge in [0.05, 0.1) is 0 Å². The van der Waals surface area contributed by atoms with Crippen molar-refractivity contribution < 1.29 is 9.53 Å². The lowest BCUT2D eigenvalue weighted by molar-refractivity contribution is -0.130. The fraction of sp³-hybridized carbons (Fsp3) is 0.429. The number of carbonyl (C=O) groups excluding carboxylic acids is 1. The Kier molecular flexibility index (Phi) is 7.42. The topological polar surface area (TPSA) is 86.2 Å². The molecule has 9 heteroatoms. The summed E-state index contributed by atoms with van der Waals surface area (Å²) in [7, 11) is 5.22. The van der Waals surface area contributed by atoms with E-state index >= 15 is 0 Å². The summed E-state index contributed by atoms with van der Waals surface area (Å²) in [5.74, 6) is 2.23. The van der Waals surface area contributed by atoms with Gasteiger partial charge in [0.2, 0.25) is 5.95 Å². The Labute approximate surface area is 177 Å². The molecule has 1 aliphatic rings. The maximum absolute atomic E-state index is 11.7. The number of carbonyl (C=O) groups is 1. The van der Waals surface area contributed by atoms with Crippen LogP contribution in [-0.4, -0.2) is 85.6 Å². The molecular formula is C21H29N7O2. The smallest absolute Gasteiger partial charge is 0.259 e. The van der Waals surface area contributed by atoms with Crippen LogP contribution in [0.25, 0.3) is 0 Å². The molecular weight excluding hydrogens is 382 g/mol. The lowest BCUT2D eigenvalue weighted by Gasteiger charge is -2.36. The molecule has 1 aliphatic heterocycles. The van der Waals surface area contributed by atoms with E-state index < -0.39 is 0 Å². The third-order valence-electron chi connectivity index (χ3n) is 4.84. The molecule has 2 aromatic rings. The molecule has 2 heterocycles. The third kappa shape index (κ3) is 5.82. The first kappa shape index (κ1) is 21.4. The predicted molar refractivity (Wildman–Crippen MR) is 117 cm³/mol. The Bertz CT molecular complexity index is 849. The van der Waals surface area contributed by atoms with Crippen LogP contribution in [0.1, 0.15) is 5.56 Å². The second-order valence-electron chi connectivity index (χ2n) is 7.15. The second-order valence-corrected chi connectivity index (χ2v) is 7.15. The van der Waals surface area contributed by atoms with Crippen LogP contribution in [0.2, 0.25) is 0 Å². The van der Waals surface area contributed by atoms with Crippen molar-refractivity contribution in [2.75, 3.05) is 58.8 Å². The van der Waals surface area contributed by atoms with Crippen LogP contribution in [0.5, 0.6) is 5.75 Å². The molecule has 3 rings (SSSR count). The molecule has 0 aliphatic carbocycles. The maximum Gasteiger partial charge on any atom is 0.259 e. The first-order chi connectivity index (χ1) is 14.6. The Balaban J connectivity index is 1.50. The Hall–Kier alpha value is -3.36. The highest BCUT2D eigenvalue weighted by molar-refractivity contribution is 5.80. The van der Waals surface area contributed by atoms with Crippen molar-refractivity contribution in [3.63, 3.8) is 0 Å². The summed E-state index contributed by atoms with van der Waals surface area (Å²) in [6, 6.07) is 9.56. The molecule has 0 atom stereocenters. The number of hydrogen-bond acceptors (Lipinski definition) is 6. The van der Waals surface area contributed by atoms with Crippen molar-refractivity contribution >= 4 is 17.8 Å². The van der Waals surface area contributed by atoms with Crippen LogP contribution in [-0.2, 0) is 11.3 Å². The largest absolute Gasteiger partial charge is 0.484 e.